The molecule has 0 aromatic heterocycles. The average Bonchev–Trinajstić information content (AvgIpc) is 2.55. The van der Waals surface area contributed by atoms with Crippen LogP contribution < -0.4 is 5.32 Å². The van der Waals surface area contributed by atoms with Crippen LogP contribution in [0.15, 0.2) is 27.6 Å². The number of benzene rings is 1. The van der Waals surface area contributed by atoms with Crippen LogP contribution in [-0.4, -0.2) is 29.8 Å². The Hall–Kier alpha value is -1.01. The van der Waals surface area contributed by atoms with Gasteiger partial charge in [0.15, 0.2) is 6.10 Å². The fourth-order valence-electron chi connectivity index (χ4n) is 2.76. The fourth-order valence-corrected chi connectivity index (χ4v) is 4.03. The maximum atomic E-state index is 12.1. The van der Waals surface area contributed by atoms with E-state index < -0.39 is 6.10 Å². The van der Waals surface area contributed by atoms with Gasteiger partial charge in [-0.2, -0.15) is 0 Å². The van der Waals surface area contributed by atoms with Crippen LogP contribution in [0.5, 0.6) is 0 Å². The SMILES string of the molecule is Cc1cc(Br)ccc1SCC(=O)O[C@H](C)C(=O)NC1CCCCC1. The zero-order chi connectivity index (χ0) is 17.5. The zero-order valence-electron chi connectivity index (χ0n) is 14.1. The number of nitrogens with one attached hydrogen (secondary N) is 1. The number of halogens is 1. The summed E-state index contributed by atoms with van der Waals surface area (Å²) in [6.07, 6.45) is 4.84. The molecule has 1 amide bonds. The van der Waals surface area contributed by atoms with Crippen molar-refractivity contribution in [3.05, 3.63) is 28.2 Å². The molecule has 0 unspecified atom stereocenters. The second kappa shape index (κ2) is 9.47. The summed E-state index contributed by atoms with van der Waals surface area (Å²) in [6, 6.07) is 6.15. The molecule has 0 radical (unpaired) electrons. The topological polar surface area (TPSA) is 55.4 Å². The van der Waals surface area contributed by atoms with Crippen LogP contribution in [0.4, 0.5) is 0 Å². The van der Waals surface area contributed by atoms with Gasteiger partial charge in [-0.05, 0) is 50.5 Å². The van der Waals surface area contributed by atoms with Gasteiger partial charge in [0.05, 0.1) is 5.75 Å². The predicted molar refractivity (Wildman–Crippen MR) is 100 cm³/mol. The number of aryl methyl sites for hydroxylation is 1. The number of thioether (sulfide) groups is 1. The van der Waals surface area contributed by atoms with Crippen LogP contribution in [0.3, 0.4) is 0 Å². The van der Waals surface area contributed by atoms with Gasteiger partial charge >= 0.3 is 5.97 Å². The molecule has 1 N–H and O–H groups in total. The number of hydrogen-bond acceptors (Lipinski definition) is 4. The molecule has 2 rings (SSSR count). The first-order valence-electron chi connectivity index (χ1n) is 8.34. The highest BCUT2D eigenvalue weighted by molar-refractivity contribution is 9.10. The summed E-state index contributed by atoms with van der Waals surface area (Å²) in [5.41, 5.74) is 1.10. The number of amides is 1. The third-order valence-corrected chi connectivity index (χ3v) is 5.75. The molecule has 1 aliphatic rings. The van der Waals surface area contributed by atoms with Crippen molar-refractivity contribution in [3.63, 3.8) is 0 Å². The van der Waals surface area contributed by atoms with E-state index in [0.29, 0.717) is 0 Å². The van der Waals surface area contributed by atoms with Gasteiger partial charge in [0.1, 0.15) is 0 Å². The minimum absolute atomic E-state index is 0.194. The standard InChI is InChI=1S/C18H24BrNO3S/c1-12-10-14(19)8-9-16(12)24-11-17(21)23-13(2)18(22)20-15-6-4-3-5-7-15/h8-10,13,15H,3-7,11H2,1-2H3,(H,20,22)/t13-/m1/s1. The lowest BCUT2D eigenvalue weighted by atomic mass is 9.95. The molecule has 24 heavy (non-hydrogen) atoms. The van der Waals surface area contributed by atoms with Crippen molar-refractivity contribution in [3.8, 4) is 0 Å². The quantitative estimate of drug-likeness (QED) is 0.559. The Bertz CT molecular complexity index is 588. The van der Waals surface area contributed by atoms with Gasteiger partial charge in [0.25, 0.3) is 5.91 Å². The lowest BCUT2D eigenvalue weighted by Gasteiger charge is -2.24. The number of esters is 1. The van der Waals surface area contributed by atoms with Crippen molar-refractivity contribution in [2.24, 2.45) is 0 Å². The molecular weight excluding hydrogens is 390 g/mol. The van der Waals surface area contributed by atoms with Crippen molar-refractivity contribution in [1.82, 2.24) is 5.32 Å². The Morgan fingerprint density at radius 1 is 1.33 bits per heavy atom. The van der Waals surface area contributed by atoms with Gasteiger partial charge in [-0.3, -0.25) is 9.59 Å². The third kappa shape index (κ3) is 6.13. The maximum absolute atomic E-state index is 12.1. The molecule has 0 heterocycles. The summed E-state index contributed by atoms with van der Waals surface area (Å²) in [7, 11) is 0. The fraction of sp³-hybridized carbons (Fsp3) is 0.556. The van der Waals surface area contributed by atoms with E-state index in [9.17, 15) is 9.59 Å². The highest BCUT2D eigenvalue weighted by Crippen LogP contribution is 2.25. The highest BCUT2D eigenvalue weighted by Gasteiger charge is 2.22. The third-order valence-electron chi connectivity index (χ3n) is 4.11. The molecule has 132 valence electrons. The summed E-state index contributed by atoms with van der Waals surface area (Å²) in [5.74, 6) is -0.363. The van der Waals surface area contributed by atoms with E-state index in [-0.39, 0.29) is 23.7 Å². The van der Waals surface area contributed by atoms with Crippen molar-refractivity contribution in [1.29, 1.82) is 0 Å². The monoisotopic (exact) mass is 413 g/mol. The van der Waals surface area contributed by atoms with Crippen LogP contribution in [0.2, 0.25) is 0 Å². The van der Waals surface area contributed by atoms with Crippen LogP contribution in [0, 0.1) is 6.92 Å². The number of hydrogen-bond donors (Lipinski definition) is 1. The Balaban J connectivity index is 1.75. The zero-order valence-corrected chi connectivity index (χ0v) is 16.5. The van der Waals surface area contributed by atoms with Crippen LogP contribution >= 0.6 is 27.7 Å². The molecule has 0 saturated heterocycles. The predicted octanol–water partition coefficient (Wildman–Crippen LogP) is 4.23. The van der Waals surface area contributed by atoms with E-state index in [4.69, 9.17) is 4.74 Å². The van der Waals surface area contributed by atoms with E-state index in [2.05, 4.69) is 21.2 Å². The van der Waals surface area contributed by atoms with Crippen LogP contribution in [-0.2, 0) is 14.3 Å². The second-order valence-electron chi connectivity index (χ2n) is 6.17. The molecule has 0 aliphatic heterocycles. The molecule has 0 spiro atoms. The normalized spacial score (nSPS) is 16.5. The molecule has 1 atom stereocenters. The minimum Gasteiger partial charge on any atom is -0.452 e. The summed E-state index contributed by atoms with van der Waals surface area (Å²) < 4.78 is 6.27. The van der Waals surface area contributed by atoms with Gasteiger partial charge in [-0.15, -0.1) is 11.8 Å². The van der Waals surface area contributed by atoms with Crippen molar-refractivity contribution >= 4 is 39.6 Å². The van der Waals surface area contributed by atoms with Gasteiger partial charge in [0.2, 0.25) is 0 Å². The van der Waals surface area contributed by atoms with Crippen LogP contribution in [0.1, 0.15) is 44.6 Å². The number of rotatable bonds is 6. The molecule has 4 nitrogen and oxygen atoms in total. The molecule has 1 aromatic rings. The lowest BCUT2D eigenvalue weighted by Crippen LogP contribution is -2.43. The maximum Gasteiger partial charge on any atom is 0.317 e. The molecule has 1 fully saturated rings. The molecule has 1 saturated carbocycles. The number of carbonyl (C=O) groups excluding carboxylic acids is 2. The Morgan fingerprint density at radius 3 is 2.71 bits per heavy atom. The second-order valence-corrected chi connectivity index (χ2v) is 8.11. The lowest BCUT2D eigenvalue weighted by molar-refractivity contribution is -0.152. The first-order chi connectivity index (χ1) is 11.5. The van der Waals surface area contributed by atoms with E-state index in [1.807, 2.05) is 25.1 Å². The smallest absolute Gasteiger partial charge is 0.317 e. The molecular formula is C18H24BrNO3S. The molecule has 6 heteroatoms. The van der Waals surface area contributed by atoms with E-state index in [1.54, 1.807) is 6.92 Å². The Morgan fingerprint density at radius 2 is 2.04 bits per heavy atom. The van der Waals surface area contributed by atoms with Gasteiger partial charge in [0, 0.05) is 15.4 Å². The van der Waals surface area contributed by atoms with Gasteiger partial charge < -0.3 is 10.1 Å². The largest absolute Gasteiger partial charge is 0.452 e. The van der Waals surface area contributed by atoms with Crippen molar-refractivity contribution in [2.45, 2.75) is 63.0 Å². The molecule has 0 bridgehead atoms. The number of ether oxygens (including phenoxy) is 1. The van der Waals surface area contributed by atoms with E-state index >= 15 is 0 Å². The average molecular weight is 414 g/mol. The molecule has 1 aromatic carbocycles. The van der Waals surface area contributed by atoms with Crippen LogP contribution in [0.25, 0.3) is 0 Å². The van der Waals surface area contributed by atoms with Gasteiger partial charge in [-0.1, -0.05) is 35.2 Å². The van der Waals surface area contributed by atoms with E-state index in [1.165, 1.54) is 18.2 Å². The summed E-state index contributed by atoms with van der Waals surface area (Å²) in [6.45, 7) is 3.63. The molecule has 1 aliphatic carbocycles. The summed E-state index contributed by atoms with van der Waals surface area (Å²) in [5, 5.41) is 2.98. The first-order valence-corrected chi connectivity index (χ1v) is 10.1. The first kappa shape index (κ1) is 19.3. The summed E-state index contributed by atoms with van der Waals surface area (Å²) >= 11 is 4.85. The Labute approximate surface area is 156 Å². The van der Waals surface area contributed by atoms with E-state index in [0.717, 1.165) is 40.6 Å². The minimum atomic E-state index is -0.744. The highest BCUT2D eigenvalue weighted by atomic mass is 79.9. The summed E-state index contributed by atoms with van der Waals surface area (Å²) in [4.78, 5) is 25.1. The van der Waals surface area contributed by atoms with Crippen molar-refractivity contribution < 1.29 is 14.3 Å². The van der Waals surface area contributed by atoms with Crippen molar-refractivity contribution in [2.75, 3.05) is 5.75 Å². The Kier molecular flexibility index (Phi) is 7.62. The van der Waals surface area contributed by atoms with Gasteiger partial charge in [-0.25, -0.2) is 0 Å². The number of carbonyl (C=O) groups is 2.